The molecule has 1 fully saturated rings. The Morgan fingerprint density at radius 2 is 1.66 bits per heavy atom. The summed E-state index contributed by atoms with van der Waals surface area (Å²) in [5, 5.41) is 0. The second-order valence-corrected chi connectivity index (χ2v) is 8.23. The molecule has 1 unspecified atom stereocenters. The van der Waals surface area contributed by atoms with Crippen LogP contribution in [0.3, 0.4) is 0 Å². The summed E-state index contributed by atoms with van der Waals surface area (Å²) in [5.74, 6) is -0.0367. The molecule has 2 aromatic carbocycles. The standard InChI is InChI=1S/C25H23FN4O2/c26-21-9-5-4-8-19(21)24(32)29-10-12-30(13-11-29)25-27-16-20-22(28-25)14-18(15-23(20)31)17-6-2-1-3-7-17/h1-9,16,18H,10-15H2. The van der Waals surface area contributed by atoms with Crippen molar-refractivity contribution in [3.8, 4) is 0 Å². The highest BCUT2D eigenvalue weighted by Gasteiger charge is 2.30. The summed E-state index contributed by atoms with van der Waals surface area (Å²) in [6.45, 7) is 2.02. The van der Waals surface area contributed by atoms with Crippen molar-refractivity contribution < 1.29 is 14.0 Å². The van der Waals surface area contributed by atoms with Gasteiger partial charge in [0.15, 0.2) is 5.78 Å². The van der Waals surface area contributed by atoms with E-state index in [0.29, 0.717) is 50.5 Å². The number of aromatic nitrogens is 2. The molecule has 2 heterocycles. The predicted octanol–water partition coefficient (Wildman–Crippen LogP) is 3.49. The molecule has 162 valence electrons. The fourth-order valence-corrected chi connectivity index (χ4v) is 4.46. The Kier molecular flexibility index (Phi) is 5.39. The summed E-state index contributed by atoms with van der Waals surface area (Å²) in [6, 6.07) is 16.1. The number of carbonyl (C=O) groups excluding carboxylic acids is 2. The van der Waals surface area contributed by atoms with Gasteiger partial charge in [0.25, 0.3) is 5.91 Å². The summed E-state index contributed by atoms with van der Waals surface area (Å²) < 4.78 is 14.0. The third-order valence-corrected chi connectivity index (χ3v) is 6.25. The van der Waals surface area contributed by atoms with Crippen LogP contribution in [0.2, 0.25) is 0 Å². The molecule has 1 aliphatic heterocycles. The van der Waals surface area contributed by atoms with Crippen LogP contribution in [0.15, 0.2) is 60.8 Å². The van der Waals surface area contributed by atoms with Crippen LogP contribution in [-0.2, 0) is 6.42 Å². The number of fused-ring (bicyclic) bond motifs is 1. The third kappa shape index (κ3) is 3.86. The quantitative estimate of drug-likeness (QED) is 0.636. The summed E-state index contributed by atoms with van der Waals surface area (Å²) in [4.78, 5) is 38.2. The molecule has 6 nitrogen and oxygen atoms in total. The van der Waals surface area contributed by atoms with Gasteiger partial charge in [0.1, 0.15) is 5.82 Å². The van der Waals surface area contributed by atoms with E-state index in [1.165, 1.54) is 12.1 Å². The molecule has 2 aliphatic rings. The number of Topliss-reactive ketones (excluding diaryl/α,β-unsaturated/α-hetero) is 1. The maximum absolute atomic E-state index is 14.0. The molecule has 1 aliphatic carbocycles. The van der Waals surface area contributed by atoms with Crippen molar-refractivity contribution in [1.29, 1.82) is 0 Å². The number of benzene rings is 2. The monoisotopic (exact) mass is 430 g/mol. The molecule has 0 N–H and O–H groups in total. The van der Waals surface area contributed by atoms with E-state index in [1.807, 2.05) is 23.1 Å². The molecule has 32 heavy (non-hydrogen) atoms. The van der Waals surface area contributed by atoms with Gasteiger partial charge in [0.2, 0.25) is 5.95 Å². The van der Waals surface area contributed by atoms with Gasteiger partial charge >= 0.3 is 0 Å². The number of halogens is 1. The van der Waals surface area contributed by atoms with E-state index < -0.39 is 5.82 Å². The van der Waals surface area contributed by atoms with Crippen molar-refractivity contribution in [3.63, 3.8) is 0 Å². The highest BCUT2D eigenvalue weighted by molar-refractivity contribution is 5.98. The van der Waals surface area contributed by atoms with Gasteiger partial charge in [-0.25, -0.2) is 14.4 Å². The molecule has 0 radical (unpaired) electrons. The molecule has 7 heteroatoms. The lowest BCUT2D eigenvalue weighted by atomic mass is 9.82. The van der Waals surface area contributed by atoms with E-state index in [1.54, 1.807) is 23.2 Å². The van der Waals surface area contributed by atoms with Crippen molar-refractivity contribution in [2.45, 2.75) is 18.8 Å². The van der Waals surface area contributed by atoms with Crippen molar-refractivity contribution in [2.24, 2.45) is 0 Å². The van der Waals surface area contributed by atoms with E-state index in [4.69, 9.17) is 4.98 Å². The number of piperazine rings is 1. The number of hydrogen-bond acceptors (Lipinski definition) is 5. The van der Waals surface area contributed by atoms with Crippen LogP contribution < -0.4 is 4.90 Å². The molecule has 0 spiro atoms. The minimum Gasteiger partial charge on any atom is -0.337 e. The van der Waals surface area contributed by atoms with Gasteiger partial charge < -0.3 is 9.80 Å². The fourth-order valence-electron chi connectivity index (χ4n) is 4.46. The lowest BCUT2D eigenvalue weighted by molar-refractivity contribution is 0.0741. The zero-order chi connectivity index (χ0) is 22.1. The molecule has 3 aromatic rings. The van der Waals surface area contributed by atoms with Crippen LogP contribution in [0.1, 0.15) is 44.3 Å². The van der Waals surface area contributed by atoms with Crippen LogP contribution in [0.4, 0.5) is 10.3 Å². The van der Waals surface area contributed by atoms with Crippen LogP contribution in [0, 0.1) is 5.82 Å². The average Bonchev–Trinajstić information content (AvgIpc) is 2.84. The number of nitrogens with zero attached hydrogens (tertiary/aromatic N) is 4. The zero-order valence-electron chi connectivity index (χ0n) is 17.6. The number of amides is 1. The van der Waals surface area contributed by atoms with Crippen LogP contribution in [-0.4, -0.2) is 52.7 Å². The first-order valence-electron chi connectivity index (χ1n) is 10.8. The summed E-state index contributed by atoms with van der Waals surface area (Å²) in [6.07, 6.45) is 2.81. The van der Waals surface area contributed by atoms with Crippen LogP contribution in [0.5, 0.6) is 0 Å². The van der Waals surface area contributed by atoms with Gasteiger partial charge in [-0.15, -0.1) is 0 Å². The Balaban J connectivity index is 1.30. The zero-order valence-corrected chi connectivity index (χ0v) is 17.6. The minimum absolute atomic E-state index is 0.0759. The van der Waals surface area contributed by atoms with Gasteiger partial charge in [-0.1, -0.05) is 42.5 Å². The fraction of sp³-hybridized carbons (Fsp3) is 0.280. The Labute approximate surface area is 185 Å². The topological polar surface area (TPSA) is 66.4 Å². The number of rotatable bonds is 3. The molecular weight excluding hydrogens is 407 g/mol. The Morgan fingerprint density at radius 3 is 2.41 bits per heavy atom. The lowest BCUT2D eigenvalue weighted by Crippen LogP contribution is -2.49. The Morgan fingerprint density at radius 1 is 0.938 bits per heavy atom. The molecular formula is C25H23FN4O2. The average molecular weight is 430 g/mol. The Hall–Kier alpha value is -3.61. The van der Waals surface area contributed by atoms with Crippen molar-refractivity contribution in [2.75, 3.05) is 31.1 Å². The van der Waals surface area contributed by atoms with E-state index in [-0.39, 0.29) is 23.2 Å². The van der Waals surface area contributed by atoms with Gasteiger partial charge in [0, 0.05) is 38.8 Å². The maximum Gasteiger partial charge on any atom is 0.256 e. The Bertz CT molecular complexity index is 1160. The highest BCUT2D eigenvalue weighted by atomic mass is 19.1. The van der Waals surface area contributed by atoms with E-state index >= 15 is 0 Å². The normalized spacial score (nSPS) is 18.4. The smallest absolute Gasteiger partial charge is 0.256 e. The summed E-state index contributed by atoms with van der Waals surface area (Å²) in [5.41, 5.74) is 2.63. The number of carbonyl (C=O) groups is 2. The minimum atomic E-state index is -0.504. The van der Waals surface area contributed by atoms with Gasteiger partial charge in [0.05, 0.1) is 16.8 Å². The predicted molar refractivity (Wildman–Crippen MR) is 118 cm³/mol. The third-order valence-electron chi connectivity index (χ3n) is 6.25. The molecule has 1 saturated heterocycles. The van der Waals surface area contributed by atoms with E-state index in [9.17, 15) is 14.0 Å². The maximum atomic E-state index is 14.0. The number of ketones is 1. The molecule has 1 amide bonds. The van der Waals surface area contributed by atoms with Crippen LogP contribution in [0.25, 0.3) is 0 Å². The highest BCUT2D eigenvalue weighted by Crippen LogP contribution is 2.32. The first kappa shape index (κ1) is 20.3. The van der Waals surface area contributed by atoms with Crippen molar-refractivity contribution in [1.82, 2.24) is 14.9 Å². The van der Waals surface area contributed by atoms with Crippen LogP contribution >= 0.6 is 0 Å². The molecule has 0 bridgehead atoms. The first-order valence-corrected chi connectivity index (χ1v) is 10.8. The molecule has 5 rings (SSSR count). The van der Waals surface area contributed by atoms with E-state index in [0.717, 1.165) is 11.3 Å². The number of anilines is 1. The summed E-state index contributed by atoms with van der Waals surface area (Å²) >= 11 is 0. The second-order valence-electron chi connectivity index (χ2n) is 8.23. The second kappa shape index (κ2) is 8.49. The van der Waals surface area contributed by atoms with Gasteiger partial charge in [-0.05, 0) is 30.0 Å². The molecule has 0 saturated carbocycles. The molecule has 1 aromatic heterocycles. The lowest BCUT2D eigenvalue weighted by Gasteiger charge is -2.35. The largest absolute Gasteiger partial charge is 0.337 e. The number of hydrogen-bond donors (Lipinski definition) is 0. The first-order chi connectivity index (χ1) is 15.6. The van der Waals surface area contributed by atoms with Gasteiger partial charge in [-0.2, -0.15) is 0 Å². The van der Waals surface area contributed by atoms with E-state index in [2.05, 4.69) is 17.1 Å². The molecule has 1 atom stereocenters. The van der Waals surface area contributed by atoms with Gasteiger partial charge in [-0.3, -0.25) is 9.59 Å². The van der Waals surface area contributed by atoms with Crippen molar-refractivity contribution in [3.05, 3.63) is 89.0 Å². The van der Waals surface area contributed by atoms with Crippen molar-refractivity contribution >= 4 is 17.6 Å². The summed E-state index contributed by atoms with van der Waals surface area (Å²) in [7, 11) is 0. The SMILES string of the molecule is O=C1CC(c2ccccc2)Cc2nc(N3CCN(C(=O)c4ccccc4F)CC3)ncc21.